The molecule has 0 radical (unpaired) electrons. The van der Waals surface area contributed by atoms with Gasteiger partial charge in [0, 0.05) is 23.4 Å². The molecule has 3 rings (SSSR count). The second-order valence-electron chi connectivity index (χ2n) is 7.49. The van der Waals surface area contributed by atoms with E-state index in [0.717, 1.165) is 24.3 Å². The fourth-order valence-corrected chi connectivity index (χ4v) is 2.91. The molecule has 5 nitrogen and oxygen atoms in total. The summed E-state index contributed by atoms with van der Waals surface area (Å²) in [6, 6.07) is 9.83. The van der Waals surface area contributed by atoms with Crippen LogP contribution >= 0.6 is 0 Å². The van der Waals surface area contributed by atoms with E-state index in [1.807, 2.05) is 13.8 Å². The van der Waals surface area contributed by atoms with Gasteiger partial charge in [0.15, 0.2) is 0 Å². The standard InChI is InChI=1S/C22H20F6N4O/c1-12(2)29-20-31-18(14-5-4-6-16(9-14)33-22(26,27)28)11-19(32-20)30-17-10-15(21(23,24)25)8-7-13(17)3/h4-12H,1-3H3,(H2,29,30,31,32). The molecule has 0 amide bonds. The van der Waals surface area contributed by atoms with Crippen molar-refractivity contribution in [2.24, 2.45) is 0 Å². The van der Waals surface area contributed by atoms with E-state index in [2.05, 4.69) is 25.3 Å². The summed E-state index contributed by atoms with van der Waals surface area (Å²) in [4.78, 5) is 8.61. The molecule has 0 unspecified atom stereocenters. The quantitative estimate of drug-likeness (QED) is 0.383. The second kappa shape index (κ2) is 9.16. The molecular weight excluding hydrogens is 450 g/mol. The van der Waals surface area contributed by atoms with Crippen LogP contribution in [0.3, 0.4) is 0 Å². The van der Waals surface area contributed by atoms with Gasteiger partial charge in [-0.15, -0.1) is 13.2 Å². The van der Waals surface area contributed by atoms with E-state index in [-0.39, 0.29) is 29.2 Å². The van der Waals surface area contributed by atoms with E-state index < -0.39 is 23.9 Å². The van der Waals surface area contributed by atoms with Crippen molar-refractivity contribution in [3.63, 3.8) is 0 Å². The van der Waals surface area contributed by atoms with Crippen LogP contribution in [0.4, 0.5) is 43.8 Å². The Morgan fingerprint density at radius 1 is 0.909 bits per heavy atom. The monoisotopic (exact) mass is 470 g/mol. The minimum atomic E-state index is -4.86. The summed E-state index contributed by atoms with van der Waals surface area (Å²) in [6.45, 7) is 5.30. The van der Waals surface area contributed by atoms with Gasteiger partial charge in [0.05, 0.1) is 11.3 Å². The molecule has 0 fully saturated rings. The van der Waals surface area contributed by atoms with Crippen LogP contribution in [-0.2, 0) is 6.18 Å². The third kappa shape index (κ3) is 6.74. The van der Waals surface area contributed by atoms with Crippen molar-refractivity contribution < 1.29 is 31.1 Å². The summed E-state index contributed by atoms with van der Waals surface area (Å²) in [7, 11) is 0. The van der Waals surface area contributed by atoms with E-state index in [1.54, 1.807) is 6.92 Å². The molecule has 0 atom stereocenters. The molecule has 0 aliphatic rings. The van der Waals surface area contributed by atoms with Gasteiger partial charge in [-0.25, -0.2) is 4.98 Å². The molecule has 33 heavy (non-hydrogen) atoms. The zero-order chi connectivity index (χ0) is 24.4. The molecule has 0 aliphatic heterocycles. The number of halogens is 6. The molecule has 0 saturated carbocycles. The van der Waals surface area contributed by atoms with Crippen LogP contribution in [0.5, 0.6) is 5.75 Å². The maximum Gasteiger partial charge on any atom is 0.573 e. The molecule has 1 heterocycles. The fourth-order valence-electron chi connectivity index (χ4n) is 2.91. The fraction of sp³-hybridized carbons (Fsp3) is 0.273. The minimum absolute atomic E-state index is 0.0803. The Bertz CT molecular complexity index is 1130. The number of ether oxygens (including phenoxy) is 1. The van der Waals surface area contributed by atoms with E-state index in [4.69, 9.17) is 0 Å². The first kappa shape index (κ1) is 24.1. The normalized spacial score (nSPS) is 12.1. The lowest BCUT2D eigenvalue weighted by atomic mass is 10.1. The summed E-state index contributed by atoms with van der Waals surface area (Å²) >= 11 is 0. The van der Waals surface area contributed by atoms with Gasteiger partial charge >= 0.3 is 12.5 Å². The number of nitrogens with zero attached hydrogens (tertiary/aromatic N) is 2. The lowest BCUT2D eigenvalue weighted by molar-refractivity contribution is -0.274. The molecule has 0 aliphatic carbocycles. The Kier molecular flexibility index (Phi) is 6.71. The van der Waals surface area contributed by atoms with Crippen LogP contribution in [0.2, 0.25) is 0 Å². The van der Waals surface area contributed by atoms with E-state index in [9.17, 15) is 26.3 Å². The molecule has 2 aromatic carbocycles. The summed E-state index contributed by atoms with van der Waals surface area (Å²) in [6.07, 6.45) is -9.38. The number of alkyl halides is 6. The van der Waals surface area contributed by atoms with Crippen molar-refractivity contribution in [3.05, 3.63) is 59.7 Å². The predicted octanol–water partition coefficient (Wildman–Crippen LogP) is 6.93. The zero-order valence-electron chi connectivity index (χ0n) is 17.8. The number of benzene rings is 2. The third-order valence-corrected chi connectivity index (χ3v) is 4.33. The number of rotatable bonds is 6. The summed E-state index contributed by atoms with van der Waals surface area (Å²) < 4.78 is 81.1. The van der Waals surface area contributed by atoms with Crippen molar-refractivity contribution in [1.29, 1.82) is 0 Å². The van der Waals surface area contributed by atoms with Gasteiger partial charge in [0.1, 0.15) is 11.6 Å². The maximum atomic E-state index is 13.1. The average Bonchev–Trinajstić information content (AvgIpc) is 2.67. The smallest absolute Gasteiger partial charge is 0.406 e. The van der Waals surface area contributed by atoms with E-state index in [1.165, 1.54) is 24.3 Å². The highest BCUT2D eigenvalue weighted by Gasteiger charge is 2.32. The van der Waals surface area contributed by atoms with Gasteiger partial charge in [0.2, 0.25) is 5.95 Å². The molecule has 3 aromatic rings. The van der Waals surface area contributed by atoms with Crippen molar-refractivity contribution in [2.75, 3.05) is 10.6 Å². The first-order valence-electron chi connectivity index (χ1n) is 9.77. The van der Waals surface area contributed by atoms with Gasteiger partial charge < -0.3 is 15.4 Å². The zero-order valence-corrected chi connectivity index (χ0v) is 17.8. The Morgan fingerprint density at radius 3 is 2.27 bits per heavy atom. The predicted molar refractivity (Wildman–Crippen MR) is 112 cm³/mol. The molecule has 2 N–H and O–H groups in total. The number of anilines is 3. The summed E-state index contributed by atoms with van der Waals surface area (Å²) in [5.74, 6) is -0.121. The number of aryl methyl sites for hydroxylation is 1. The van der Waals surface area contributed by atoms with Gasteiger partial charge in [-0.3, -0.25) is 0 Å². The molecule has 11 heteroatoms. The molecule has 176 valence electrons. The van der Waals surface area contributed by atoms with Crippen LogP contribution in [0.1, 0.15) is 25.0 Å². The van der Waals surface area contributed by atoms with Gasteiger partial charge in [-0.2, -0.15) is 18.2 Å². The topological polar surface area (TPSA) is 59.1 Å². The molecular formula is C22H20F6N4O. The highest BCUT2D eigenvalue weighted by molar-refractivity contribution is 5.69. The second-order valence-corrected chi connectivity index (χ2v) is 7.49. The highest BCUT2D eigenvalue weighted by atomic mass is 19.4. The lowest BCUT2D eigenvalue weighted by Crippen LogP contribution is -2.17. The van der Waals surface area contributed by atoms with Crippen molar-refractivity contribution in [3.8, 4) is 17.0 Å². The summed E-state index contributed by atoms with van der Waals surface area (Å²) in [5.41, 5.74) is 0.436. The van der Waals surface area contributed by atoms with Crippen molar-refractivity contribution in [1.82, 2.24) is 9.97 Å². The number of nitrogens with one attached hydrogen (secondary N) is 2. The van der Waals surface area contributed by atoms with Crippen molar-refractivity contribution in [2.45, 2.75) is 39.4 Å². The first-order valence-corrected chi connectivity index (χ1v) is 9.77. The minimum Gasteiger partial charge on any atom is -0.406 e. The lowest BCUT2D eigenvalue weighted by Gasteiger charge is -2.16. The van der Waals surface area contributed by atoms with Gasteiger partial charge in [0.25, 0.3) is 0 Å². The average molecular weight is 470 g/mol. The first-order chi connectivity index (χ1) is 15.3. The molecule has 1 aromatic heterocycles. The van der Waals surface area contributed by atoms with Crippen LogP contribution in [0.25, 0.3) is 11.3 Å². The Morgan fingerprint density at radius 2 is 1.64 bits per heavy atom. The van der Waals surface area contributed by atoms with Crippen LogP contribution < -0.4 is 15.4 Å². The largest absolute Gasteiger partial charge is 0.573 e. The van der Waals surface area contributed by atoms with E-state index >= 15 is 0 Å². The highest BCUT2D eigenvalue weighted by Crippen LogP contribution is 2.34. The molecule has 0 bridgehead atoms. The Labute approximate surface area is 185 Å². The van der Waals surface area contributed by atoms with Crippen molar-refractivity contribution >= 4 is 17.5 Å². The summed E-state index contributed by atoms with van der Waals surface area (Å²) in [5, 5.41) is 5.85. The Balaban J connectivity index is 2.03. The number of hydrogen-bond acceptors (Lipinski definition) is 5. The van der Waals surface area contributed by atoms with Gasteiger partial charge in [-0.05, 0) is 50.6 Å². The number of aromatic nitrogens is 2. The Hall–Kier alpha value is -3.50. The SMILES string of the molecule is Cc1ccc(C(F)(F)F)cc1Nc1cc(-c2cccc(OC(F)(F)F)c2)nc(NC(C)C)n1. The van der Waals surface area contributed by atoms with E-state index in [0.29, 0.717) is 11.1 Å². The van der Waals surface area contributed by atoms with Crippen LogP contribution in [-0.4, -0.2) is 22.4 Å². The van der Waals surface area contributed by atoms with Crippen LogP contribution in [0, 0.1) is 6.92 Å². The van der Waals surface area contributed by atoms with Gasteiger partial charge in [-0.1, -0.05) is 18.2 Å². The number of hydrogen-bond donors (Lipinski definition) is 2. The van der Waals surface area contributed by atoms with Crippen LogP contribution in [0.15, 0.2) is 48.5 Å². The molecule has 0 spiro atoms. The molecule has 0 saturated heterocycles. The maximum absolute atomic E-state index is 13.1. The third-order valence-electron chi connectivity index (χ3n) is 4.33.